The van der Waals surface area contributed by atoms with Gasteiger partial charge < -0.3 is 9.52 Å². The summed E-state index contributed by atoms with van der Waals surface area (Å²) in [4.78, 5) is 36.9. The quantitative estimate of drug-likeness (QED) is 0.802. The number of thioether (sulfide) groups is 1. The second kappa shape index (κ2) is 6.84. The van der Waals surface area contributed by atoms with Gasteiger partial charge in [0.2, 0.25) is 0 Å². The van der Waals surface area contributed by atoms with E-state index < -0.39 is 5.97 Å². The van der Waals surface area contributed by atoms with Crippen LogP contribution in [-0.4, -0.2) is 33.2 Å². The highest BCUT2D eigenvalue weighted by Gasteiger charge is 2.36. The summed E-state index contributed by atoms with van der Waals surface area (Å²) in [5.41, 5.74) is 1.71. The van der Waals surface area contributed by atoms with Crippen LogP contribution in [0.5, 0.6) is 0 Å². The van der Waals surface area contributed by atoms with E-state index in [0.29, 0.717) is 22.0 Å². The third kappa shape index (κ3) is 3.30. The highest BCUT2D eigenvalue weighted by atomic mass is 32.2. The molecule has 2 aromatic rings. The van der Waals surface area contributed by atoms with Crippen molar-refractivity contribution in [2.24, 2.45) is 0 Å². The molecule has 0 bridgehead atoms. The van der Waals surface area contributed by atoms with Crippen LogP contribution in [0.15, 0.2) is 39.7 Å². The molecule has 0 saturated carbocycles. The van der Waals surface area contributed by atoms with E-state index in [0.717, 1.165) is 17.3 Å². The highest BCUT2D eigenvalue weighted by Crippen LogP contribution is 2.34. The van der Waals surface area contributed by atoms with Crippen LogP contribution in [0.2, 0.25) is 0 Å². The van der Waals surface area contributed by atoms with Crippen LogP contribution in [0.1, 0.15) is 35.5 Å². The van der Waals surface area contributed by atoms with E-state index >= 15 is 0 Å². The normalized spacial score (nSPS) is 16.2. The number of imide groups is 1. The molecule has 1 aromatic heterocycles. The monoisotopic (exact) mass is 371 g/mol. The lowest BCUT2D eigenvalue weighted by Gasteiger charge is -2.16. The molecule has 2 heterocycles. The van der Waals surface area contributed by atoms with Gasteiger partial charge in [-0.1, -0.05) is 6.07 Å². The Labute approximate surface area is 154 Å². The van der Waals surface area contributed by atoms with Gasteiger partial charge in [-0.15, -0.1) is 0 Å². The largest absolute Gasteiger partial charge is 0.478 e. The van der Waals surface area contributed by atoms with Crippen molar-refractivity contribution in [1.29, 1.82) is 0 Å². The van der Waals surface area contributed by atoms with Crippen molar-refractivity contribution in [2.75, 3.05) is 0 Å². The van der Waals surface area contributed by atoms with Crippen molar-refractivity contribution in [3.63, 3.8) is 0 Å². The van der Waals surface area contributed by atoms with Gasteiger partial charge in [0.25, 0.3) is 11.1 Å². The van der Waals surface area contributed by atoms with Gasteiger partial charge in [0.1, 0.15) is 11.5 Å². The van der Waals surface area contributed by atoms with Gasteiger partial charge in [0, 0.05) is 17.7 Å². The summed E-state index contributed by atoms with van der Waals surface area (Å²) < 4.78 is 5.76. The Morgan fingerprint density at radius 3 is 2.58 bits per heavy atom. The van der Waals surface area contributed by atoms with Crippen molar-refractivity contribution in [1.82, 2.24) is 4.90 Å². The molecule has 3 rings (SSSR count). The number of hydrogen-bond acceptors (Lipinski definition) is 5. The number of rotatable bonds is 4. The molecule has 0 radical (unpaired) electrons. The summed E-state index contributed by atoms with van der Waals surface area (Å²) >= 11 is 0.880. The Bertz CT molecular complexity index is 941. The van der Waals surface area contributed by atoms with E-state index in [2.05, 4.69) is 0 Å². The zero-order valence-electron chi connectivity index (χ0n) is 14.5. The summed E-state index contributed by atoms with van der Waals surface area (Å²) in [6.45, 7) is 5.42. The number of benzene rings is 1. The van der Waals surface area contributed by atoms with Gasteiger partial charge in [0.15, 0.2) is 0 Å². The number of nitrogens with zero attached hydrogens (tertiary/aromatic N) is 1. The zero-order valence-corrected chi connectivity index (χ0v) is 15.3. The SMILES string of the molecule is Cc1ccc(C(=O)O)cc1-c1ccc(/C=C2/SC(=O)N(C(C)C)C2=O)o1. The number of carboxylic acid groups (broad SMARTS) is 1. The van der Waals surface area contributed by atoms with Gasteiger partial charge in [-0.2, -0.15) is 0 Å². The topological polar surface area (TPSA) is 87.8 Å². The van der Waals surface area contributed by atoms with Crippen LogP contribution in [0.3, 0.4) is 0 Å². The van der Waals surface area contributed by atoms with Crippen LogP contribution >= 0.6 is 11.8 Å². The first-order valence-corrected chi connectivity index (χ1v) is 8.81. The summed E-state index contributed by atoms with van der Waals surface area (Å²) in [6, 6.07) is 7.99. The van der Waals surface area contributed by atoms with Gasteiger partial charge in [-0.25, -0.2) is 4.79 Å². The molecular weight excluding hydrogens is 354 g/mol. The van der Waals surface area contributed by atoms with Gasteiger partial charge >= 0.3 is 5.97 Å². The van der Waals surface area contributed by atoms with Crippen LogP contribution in [0.25, 0.3) is 17.4 Å². The maximum Gasteiger partial charge on any atom is 0.335 e. The molecule has 1 aliphatic heterocycles. The fourth-order valence-corrected chi connectivity index (χ4v) is 3.59. The van der Waals surface area contributed by atoms with Gasteiger partial charge in [0.05, 0.1) is 10.5 Å². The van der Waals surface area contributed by atoms with E-state index in [9.17, 15) is 14.4 Å². The molecule has 0 aliphatic carbocycles. The predicted octanol–water partition coefficient (Wildman–Crippen LogP) is 4.40. The minimum absolute atomic E-state index is 0.168. The number of aromatic carboxylic acids is 1. The number of carbonyl (C=O) groups is 3. The third-order valence-corrected chi connectivity index (χ3v) is 4.87. The van der Waals surface area contributed by atoms with Crippen LogP contribution in [-0.2, 0) is 4.79 Å². The lowest BCUT2D eigenvalue weighted by atomic mass is 10.0. The molecule has 1 N–H and O–H groups in total. The van der Waals surface area contributed by atoms with Crippen LogP contribution < -0.4 is 0 Å². The molecule has 2 amide bonds. The molecule has 26 heavy (non-hydrogen) atoms. The molecule has 1 aromatic carbocycles. The van der Waals surface area contributed by atoms with Crippen molar-refractivity contribution in [3.8, 4) is 11.3 Å². The summed E-state index contributed by atoms with van der Waals surface area (Å²) in [5.74, 6) is -0.424. The van der Waals surface area contributed by atoms with Crippen molar-refractivity contribution in [3.05, 3.63) is 52.1 Å². The standard InChI is InChI=1S/C19H17NO5S/c1-10(2)20-17(21)16(26-19(20)24)9-13-6-7-15(25-13)14-8-12(18(22)23)5-4-11(14)3/h4-10H,1-3H3,(H,22,23)/b16-9+. The molecule has 1 aliphatic rings. The maximum atomic E-state index is 12.3. The summed E-state index contributed by atoms with van der Waals surface area (Å²) in [7, 11) is 0. The molecule has 1 fully saturated rings. The van der Waals surface area contributed by atoms with E-state index in [1.165, 1.54) is 17.0 Å². The van der Waals surface area contributed by atoms with E-state index in [4.69, 9.17) is 9.52 Å². The average molecular weight is 371 g/mol. The smallest absolute Gasteiger partial charge is 0.335 e. The van der Waals surface area contributed by atoms with E-state index in [1.54, 1.807) is 38.1 Å². The molecule has 134 valence electrons. The zero-order chi connectivity index (χ0) is 19.0. The van der Waals surface area contributed by atoms with E-state index in [-0.39, 0.29) is 22.8 Å². The molecule has 7 heteroatoms. The molecule has 6 nitrogen and oxygen atoms in total. The molecule has 0 unspecified atom stereocenters. The number of carbonyl (C=O) groups excluding carboxylic acids is 2. The number of hydrogen-bond donors (Lipinski definition) is 1. The number of carboxylic acids is 1. The van der Waals surface area contributed by atoms with Crippen LogP contribution in [0, 0.1) is 6.92 Å². The second-order valence-corrected chi connectivity index (χ2v) is 7.18. The van der Waals surface area contributed by atoms with Crippen LogP contribution in [0.4, 0.5) is 4.79 Å². The molecule has 0 atom stereocenters. The number of amides is 2. The lowest BCUT2D eigenvalue weighted by molar-refractivity contribution is -0.123. The minimum atomic E-state index is -1.01. The first kappa shape index (κ1) is 18.0. The fraction of sp³-hybridized carbons (Fsp3) is 0.211. The number of aryl methyl sites for hydroxylation is 1. The van der Waals surface area contributed by atoms with Gasteiger partial charge in [-0.05, 0) is 62.4 Å². The fourth-order valence-electron chi connectivity index (χ4n) is 2.65. The van der Waals surface area contributed by atoms with Crippen molar-refractivity contribution < 1.29 is 23.9 Å². The lowest BCUT2D eigenvalue weighted by Crippen LogP contribution is -2.34. The second-order valence-electron chi connectivity index (χ2n) is 6.18. The van der Waals surface area contributed by atoms with Gasteiger partial charge in [-0.3, -0.25) is 14.5 Å². The van der Waals surface area contributed by atoms with Crippen molar-refractivity contribution in [2.45, 2.75) is 26.8 Å². The highest BCUT2D eigenvalue weighted by molar-refractivity contribution is 8.18. The first-order chi connectivity index (χ1) is 12.3. The Morgan fingerprint density at radius 2 is 1.96 bits per heavy atom. The predicted molar refractivity (Wildman–Crippen MR) is 98.8 cm³/mol. The number of furan rings is 1. The molecule has 0 spiro atoms. The molecule has 1 saturated heterocycles. The Balaban J connectivity index is 1.92. The Hall–Kier alpha value is -2.80. The third-order valence-electron chi connectivity index (χ3n) is 3.99. The summed E-state index contributed by atoms with van der Waals surface area (Å²) in [6.07, 6.45) is 1.53. The Morgan fingerprint density at radius 1 is 1.23 bits per heavy atom. The maximum absolute atomic E-state index is 12.3. The first-order valence-electron chi connectivity index (χ1n) is 7.99. The Kier molecular flexibility index (Phi) is 4.73. The average Bonchev–Trinajstić information content (AvgIpc) is 3.12. The summed E-state index contributed by atoms with van der Waals surface area (Å²) in [5, 5.41) is 8.85. The van der Waals surface area contributed by atoms with Crippen molar-refractivity contribution >= 4 is 35.0 Å². The van der Waals surface area contributed by atoms with E-state index in [1.807, 2.05) is 6.92 Å². The minimum Gasteiger partial charge on any atom is -0.478 e. The molecular formula is C19H17NO5S.